The van der Waals surface area contributed by atoms with Crippen LogP contribution in [-0.2, 0) is 20.7 Å². The number of aryl methyl sites for hydroxylation is 1. The van der Waals surface area contributed by atoms with Crippen LogP contribution in [0.2, 0.25) is 0 Å². The van der Waals surface area contributed by atoms with Gasteiger partial charge in [0, 0.05) is 12.5 Å². The molecule has 0 unspecified atom stereocenters. The van der Waals surface area contributed by atoms with E-state index in [0.717, 1.165) is 11.6 Å². The summed E-state index contributed by atoms with van der Waals surface area (Å²) in [5.74, 6) is 0.987. The maximum Gasteiger partial charge on any atom is 0.330 e. The second-order valence-electron chi connectivity index (χ2n) is 7.44. The van der Waals surface area contributed by atoms with Crippen molar-refractivity contribution < 1.29 is 38.4 Å². The summed E-state index contributed by atoms with van der Waals surface area (Å²) < 4.78 is 26.0. The lowest BCUT2D eigenvalue weighted by Crippen LogP contribution is -2.07. The van der Waals surface area contributed by atoms with Gasteiger partial charge in [-0.15, -0.1) is 0 Å². The summed E-state index contributed by atoms with van der Waals surface area (Å²) >= 11 is 0. The van der Waals surface area contributed by atoms with Gasteiger partial charge < -0.3 is 28.8 Å². The third-order valence-corrected chi connectivity index (χ3v) is 5.18. The van der Waals surface area contributed by atoms with E-state index >= 15 is 0 Å². The molecular weight excluding hydrogens is 464 g/mol. The van der Waals surface area contributed by atoms with Gasteiger partial charge in [-0.3, -0.25) is 4.79 Å². The molecule has 8 nitrogen and oxygen atoms in total. The number of hydrogen-bond acceptors (Lipinski definition) is 8. The lowest BCUT2D eigenvalue weighted by Gasteiger charge is -2.10. The Morgan fingerprint density at radius 1 is 0.806 bits per heavy atom. The zero-order valence-electron chi connectivity index (χ0n) is 21.2. The van der Waals surface area contributed by atoms with Gasteiger partial charge in [-0.1, -0.05) is 18.2 Å². The maximum atomic E-state index is 13.1. The highest BCUT2D eigenvalue weighted by Gasteiger charge is 2.14. The van der Waals surface area contributed by atoms with Gasteiger partial charge in [-0.2, -0.15) is 0 Å². The minimum atomic E-state index is -0.612. The maximum absolute atomic E-state index is 13.1. The average Bonchev–Trinajstić information content (AvgIpc) is 2.90. The number of Topliss-reactive ketones (excluding diaryl/α,β-unsaturated/α-hetero) is 1. The van der Waals surface area contributed by atoms with Crippen molar-refractivity contribution in [2.75, 3.05) is 35.0 Å². The van der Waals surface area contributed by atoms with Crippen molar-refractivity contribution in [3.63, 3.8) is 0 Å². The normalized spacial score (nSPS) is 11.8. The highest BCUT2D eigenvalue weighted by atomic mass is 16.5. The second kappa shape index (κ2) is 14.3. The standard InChI is InChI=1S/C28H32O8/c1-6-36-28(31)16-11-21(22(29)12-7-19-9-14-24(32-2)26(17-19)34-4)23(30)13-8-20-10-15-25(33-3)27(18-20)35-5/h7,9-12,14-18,29H,6,8,13H2,1-5H3/b12-7+,16-11+,22-21+. The highest BCUT2D eigenvalue weighted by Crippen LogP contribution is 2.29. The first kappa shape index (κ1) is 28.0. The zero-order chi connectivity index (χ0) is 26.5. The average molecular weight is 497 g/mol. The van der Waals surface area contributed by atoms with E-state index in [1.54, 1.807) is 50.4 Å². The second-order valence-corrected chi connectivity index (χ2v) is 7.44. The van der Waals surface area contributed by atoms with Crippen LogP contribution in [-0.4, -0.2) is 51.9 Å². The molecule has 0 aliphatic heterocycles. The number of carbonyl (C=O) groups excluding carboxylic acids is 2. The van der Waals surface area contributed by atoms with Gasteiger partial charge in [-0.25, -0.2) is 4.79 Å². The van der Waals surface area contributed by atoms with E-state index in [9.17, 15) is 14.7 Å². The fourth-order valence-corrected chi connectivity index (χ4v) is 3.31. The van der Waals surface area contributed by atoms with E-state index in [1.807, 2.05) is 6.07 Å². The Morgan fingerprint density at radius 2 is 1.42 bits per heavy atom. The number of carbonyl (C=O) groups is 2. The molecule has 1 N–H and O–H groups in total. The summed E-state index contributed by atoms with van der Waals surface area (Å²) in [5, 5.41) is 10.7. The van der Waals surface area contributed by atoms with Gasteiger partial charge in [0.05, 0.1) is 40.6 Å². The Hall–Kier alpha value is -4.20. The predicted molar refractivity (Wildman–Crippen MR) is 137 cm³/mol. The number of esters is 1. The smallest absolute Gasteiger partial charge is 0.330 e. The number of ether oxygens (including phenoxy) is 5. The van der Waals surface area contributed by atoms with Crippen LogP contribution in [0.4, 0.5) is 0 Å². The first-order chi connectivity index (χ1) is 17.4. The van der Waals surface area contributed by atoms with Gasteiger partial charge in [0.25, 0.3) is 0 Å². The van der Waals surface area contributed by atoms with Crippen molar-refractivity contribution >= 4 is 17.8 Å². The third-order valence-electron chi connectivity index (χ3n) is 5.18. The summed E-state index contributed by atoms with van der Waals surface area (Å²) in [5.41, 5.74) is 1.56. The number of ketones is 1. The van der Waals surface area contributed by atoms with Crippen LogP contribution < -0.4 is 18.9 Å². The molecule has 0 heterocycles. The molecule has 2 aromatic carbocycles. The summed E-state index contributed by atoms with van der Waals surface area (Å²) in [4.78, 5) is 24.9. The minimum Gasteiger partial charge on any atom is -0.507 e. The van der Waals surface area contributed by atoms with Crippen LogP contribution in [0, 0.1) is 0 Å². The number of rotatable bonds is 13. The Labute approximate surface area is 211 Å². The molecule has 0 radical (unpaired) electrons. The Bertz CT molecular complexity index is 1140. The molecule has 0 bridgehead atoms. The molecule has 0 aliphatic rings. The molecule has 0 amide bonds. The van der Waals surface area contributed by atoms with Crippen LogP contribution in [0.25, 0.3) is 6.08 Å². The van der Waals surface area contributed by atoms with Gasteiger partial charge in [0.2, 0.25) is 0 Å². The van der Waals surface area contributed by atoms with Crippen LogP contribution in [0.15, 0.2) is 66.0 Å². The molecular formula is C28H32O8. The lowest BCUT2D eigenvalue weighted by atomic mass is 10.0. The monoisotopic (exact) mass is 496 g/mol. The largest absolute Gasteiger partial charge is 0.507 e. The van der Waals surface area contributed by atoms with E-state index in [4.69, 9.17) is 23.7 Å². The van der Waals surface area contributed by atoms with Crippen LogP contribution >= 0.6 is 0 Å². The summed E-state index contributed by atoms with van der Waals surface area (Å²) in [6.45, 7) is 1.88. The molecule has 8 heteroatoms. The number of hydrogen-bond donors (Lipinski definition) is 1. The number of methoxy groups -OCH3 is 4. The molecule has 0 fully saturated rings. The summed E-state index contributed by atoms with van der Waals surface area (Å²) in [6, 6.07) is 10.6. The van der Waals surface area contributed by atoms with Crippen molar-refractivity contribution in [1.29, 1.82) is 0 Å². The first-order valence-corrected chi connectivity index (χ1v) is 11.3. The topological polar surface area (TPSA) is 101 Å². The Kier molecular flexibility index (Phi) is 11.1. The van der Waals surface area contributed by atoms with Crippen molar-refractivity contribution in [3.05, 3.63) is 77.1 Å². The third kappa shape index (κ3) is 7.94. The molecule has 192 valence electrons. The van der Waals surface area contributed by atoms with Gasteiger partial charge >= 0.3 is 5.97 Å². The van der Waals surface area contributed by atoms with Crippen molar-refractivity contribution in [3.8, 4) is 23.0 Å². The molecule has 0 aromatic heterocycles. The zero-order valence-corrected chi connectivity index (χ0v) is 21.2. The van der Waals surface area contributed by atoms with Gasteiger partial charge in [0.15, 0.2) is 28.8 Å². The Morgan fingerprint density at radius 3 is 2.03 bits per heavy atom. The van der Waals surface area contributed by atoms with E-state index in [1.165, 1.54) is 33.5 Å². The predicted octanol–water partition coefficient (Wildman–Crippen LogP) is 4.87. The molecule has 0 saturated heterocycles. The van der Waals surface area contributed by atoms with Crippen LogP contribution in [0.3, 0.4) is 0 Å². The van der Waals surface area contributed by atoms with E-state index in [2.05, 4.69) is 0 Å². The van der Waals surface area contributed by atoms with E-state index in [0.29, 0.717) is 35.0 Å². The molecule has 0 saturated carbocycles. The number of aliphatic hydroxyl groups excluding tert-OH is 1. The molecule has 0 atom stereocenters. The van der Waals surface area contributed by atoms with Gasteiger partial charge in [-0.05, 0) is 60.9 Å². The quantitative estimate of drug-likeness (QED) is 0.181. The summed E-state index contributed by atoms with van der Waals surface area (Å²) in [7, 11) is 6.15. The lowest BCUT2D eigenvalue weighted by molar-refractivity contribution is -0.137. The van der Waals surface area contributed by atoms with Crippen molar-refractivity contribution in [1.82, 2.24) is 0 Å². The van der Waals surface area contributed by atoms with E-state index in [-0.39, 0.29) is 30.1 Å². The first-order valence-electron chi connectivity index (χ1n) is 11.3. The molecule has 0 spiro atoms. The number of benzene rings is 2. The van der Waals surface area contributed by atoms with Crippen LogP contribution in [0.5, 0.6) is 23.0 Å². The minimum absolute atomic E-state index is 0.0137. The molecule has 36 heavy (non-hydrogen) atoms. The van der Waals surface area contributed by atoms with Crippen molar-refractivity contribution in [2.45, 2.75) is 19.8 Å². The fraction of sp³-hybridized carbons (Fsp3) is 0.286. The van der Waals surface area contributed by atoms with Crippen LogP contribution in [0.1, 0.15) is 24.5 Å². The van der Waals surface area contributed by atoms with E-state index < -0.39 is 5.97 Å². The number of aliphatic hydroxyl groups is 1. The van der Waals surface area contributed by atoms with Gasteiger partial charge in [0.1, 0.15) is 5.76 Å². The highest BCUT2D eigenvalue weighted by molar-refractivity contribution is 6.00. The fourth-order valence-electron chi connectivity index (χ4n) is 3.31. The molecule has 2 aromatic rings. The molecule has 0 aliphatic carbocycles. The Balaban J connectivity index is 2.30. The summed E-state index contributed by atoms with van der Waals surface area (Å²) in [6.07, 6.45) is 5.88. The van der Waals surface area contributed by atoms with Crippen molar-refractivity contribution in [2.24, 2.45) is 0 Å². The molecule has 2 rings (SSSR count). The SMILES string of the molecule is CCOC(=O)/C=C/C(C(=O)CCc1ccc(OC)c(OC)c1)=C(O)/C=C/c1ccc(OC)c(OC)c1. The number of allylic oxidation sites excluding steroid dienone is 3.